The molecule has 0 aliphatic carbocycles. The van der Waals surface area contributed by atoms with Crippen molar-refractivity contribution in [3.8, 4) is 0 Å². The third-order valence-electron chi connectivity index (χ3n) is 3.02. The van der Waals surface area contributed by atoms with Crippen molar-refractivity contribution in [2.45, 2.75) is 19.4 Å². The van der Waals surface area contributed by atoms with E-state index >= 15 is 0 Å². The summed E-state index contributed by atoms with van der Waals surface area (Å²) in [7, 11) is 0. The van der Waals surface area contributed by atoms with Crippen LogP contribution in [0.4, 0.5) is 0 Å². The van der Waals surface area contributed by atoms with Gasteiger partial charge in [0, 0.05) is 0 Å². The van der Waals surface area contributed by atoms with Crippen molar-refractivity contribution in [3.63, 3.8) is 0 Å². The Hall–Kier alpha value is -1.05. The van der Waals surface area contributed by atoms with Crippen LogP contribution in [0.25, 0.3) is 10.9 Å². The monoisotopic (exact) mass is 275 g/mol. The van der Waals surface area contributed by atoms with E-state index in [1.54, 1.807) is 6.92 Å². The van der Waals surface area contributed by atoms with E-state index in [0.29, 0.717) is 0 Å². The van der Waals surface area contributed by atoms with E-state index in [1.165, 1.54) is 20.9 Å². The van der Waals surface area contributed by atoms with Crippen LogP contribution in [-0.2, 0) is 11.2 Å². The van der Waals surface area contributed by atoms with E-state index in [1.807, 2.05) is 6.07 Å². The van der Waals surface area contributed by atoms with Crippen LogP contribution >= 0.6 is 0 Å². The van der Waals surface area contributed by atoms with Gasteiger partial charge in [-0.2, -0.15) is 0 Å². The molecule has 1 radical (unpaired) electrons. The Kier molecular flexibility index (Phi) is 2.38. The van der Waals surface area contributed by atoms with Crippen LogP contribution in [0.1, 0.15) is 12.5 Å². The second kappa shape index (κ2) is 3.76. The molecule has 2 N–H and O–H groups in total. The van der Waals surface area contributed by atoms with E-state index in [-0.39, 0.29) is 27.8 Å². The number of aromatic amines is 1. The molecule has 1 unspecified atom stereocenters. The zero-order valence-corrected chi connectivity index (χ0v) is 10.8. The maximum absolute atomic E-state index is 11.4. The second-order valence-electron chi connectivity index (χ2n) is 4.11. The number of fused-ring (bicyclic) bond motifs is 3. The van der Waals surface area contributed by atoms with Crippen molar-refractivity contribution in [3.05, 3.63) is 29.8 Å². The van der Waals surface area contributed by atoms with Gasteiger partial charge in [0.15, 0.2) is 0 Å². The Bertz CT molecular complexity index is 561. The summed E-state index contributed by atoms with van der Waals surface area (Å²) in [6, 6.07) is 8.34. The number of rotatable bonds is 1. The van der Waals surface area contributed by atoms with Crippen LogP contribution in [0, 0.1) is 0 Å². The number of carbonyl (C=O) groups excluding carboxylic acids is 1. The fourth-order valence-electron chi connectivity index (χ4n) is 2.11. The molecule has 0 saturated carbocycles. The van der Waals surface area contributed by atoms with Gasteiger partial charge in [0.05, 0.1) is 0 Å². The van der Waals surface area contributed by atoms with E-state index in [2.05, 4.69) is 27.4 Å². The van der Waals surface area contributed by atoms with Crippen LogP contribution < -0.4 is 8.72 Å². The predicted molar refractivity (Wildman–Crippen MR) is 65.0 cm³/mol. The number of H-pyrrole nitrogens is 1. The standard InChI is InChI=1S/C12H12AsN2O/c1-7(16)11-6-9-8-4-2-3-5-10(8)14-12(9)13-15-11/h2-5,11,14-15H,6H2,1H3. The number of hydrogen-bond donors (Lipinski definition) is 2. The van der Waals surface area contributed by atoms with Gasteiger partial charge in [0.25, 0.3) is 0 Å². The van der Waals surface area contributed by atoms with Gasteiger partial charge < -0.3 is 0 Å². The molecule has 2 aromatic rings. The van der Waals surface area contributed by atoms with Gasteiger partial charge >= 0.3 is 100 Å². The van der Waals surface area contributed by atoms with Crippen LogP contribution in [0.15, 0.2) is 24.3 Å². The number of para-hydroxylation sites is 1. The number of ketones is 1. The van der Waals surface area contributed by atoms with Crippen molar-refractivity contribution in [1.82, 2.24) is 9.22 Å². The van der Waals surface area contributed by atoms with Crippen molar-refractivity contribution < 1.29 is 4.79 Å². The number of aromatic nitrogens is 1. The summed E-state index contributed by atoms with van der Waals surface area (Å²) in [6.45, 7) is 1.67. The summed E-state index contributed by atoms with van der Waals surface area (Å²) in [6.07, 6.45) is 0.824. The van der Waals surface area contributed by atoms with Gasteiger partial charge in [0.2, 0.25) is 0 Å². The van der Waals surface area contributed by atoms with E-state index < -0.39 is 0 Å². The Labute approximate surface area is 101 Å². The number of nitrogens with one attached hydrogen (secondary N) is 2. The third-order valence-corrected chi connectivity index (χ3v) is 5.22. The first-order valence-corrected chi connectivity index (χ1v) is 7.19. The van der Waals surface area contributed by atoms with Gasteiger partial charge in [-0.25, -0.2) is 0 Å². The number of Topliss-reactive ketones (excluding diaryl/α,β-unsaturated/α-hetero) is 1. The Morgan fingerprint density at radius 1 is 1.44 bits per heavy atom. The predicted octanol–water partition coefficient (Wildman–Crippen LogP) is 0.516. The molecule has 0 amide bonds. The summed E-state index contributed by atoms with van der Waals surface area (Å²) in [5, 5.41) is 1.28. The van der Waals surface area contributed by atoms with Crippen molar-refractivity contribution >= 4 is 37.1 Å². The first-order valence-electron chi connectivity index (χ1n) is 5.32. The number of benzene rings is 1. The van der Waals surface area contributed by atoms with Crippen LogP contribution in [-0.4, -0.2) is 32.8 Å². The van der Waals surface area contributed by atoms with Gasteiger partial charge in [-0.3, -0.25) is 0 Å². The minimum absolute atomic E-state index is 0.0201. The van der Waals surface area contributed by atoms with Crippen LogP contribution in [0.5, 0.6) is 0 Å². The molecule has 81 valence electrons. The topological polar surface area (TPSA) is 44.9 Å². The van der Waals surface area contributed by atoms with Gasteiger partial charge in [0.1, 0.15) is 0 Å². The molecule has 0 bridgehead atoms. The Morgan fingerprint density at radius 2 is 2.25 bits per heavy atom. The summed E-state index contributed by atoms with van der Waals surface area (Å²) >= 11 is -0.104. The molecule has 2 heterocycles. The molecule has 16 heavy (non-hydrogen) atoms. The van der Waals surface area contributed by atoms with Crippen molar-refractivity contribution in [2.24, 2.45) is 0 Å². The molecule has 1 aromatic carbocycles. The van der Waals surface area contributed by atoms with Crippen molar-refractivity contribution in [2.75, 3.05) is 0 Å². The Balaban J connectivity index is 2.11. The third kappa shape index (κ3) is 1.51. The molecule has 3 nitrogen and oxygen atoms in total. The average molecular weight is 275 g/mol. The van der Waals surface area contributed by atoms with E-state index in [9.17, 15) is 4.79 Å². The second-order valence-corrected chi connectivity index (χ2v) is 6.06. The first kappa shape index (κ1) is 10.1. The molecule has 1 aliphatic rings. The van der Waals surface area contributed by atoms with E-state index in [0.717, 1.165) is 6.42 Å². The fraction of sp³-hybridized carbons (Fsp3) is 0.250. The number of hydrogen-bond acceptors (Lipinski definition) is 2. The molecule has 0 spiro atoms. The molecule has 1 atom stereocenters. The van der Waals surface area contributed by atoms with Crippen molar-refractivity contribution in [1.29, 1.82) is 0 Å². The van der Waals surface area contributed by atoms with Gasteiger partial charge in [-0.1, -0.05) is 0 Å². The van der Waals surface area contributed by atoms with Gasteiger partial charge in [-0.05, 0) is 0 Å². The maximum atomic E-state index is 11.4. The van der Waals surface area contributed by atoms with Gasteiger partial charge in [-0.15, -0.1) is 0 Å². The zero-order chi connectivity index (χ0) is 11.1. The summed E-state index contributed by atoms with van der Waals surface area (Å²) in [5.41, 5.74) is 2.53. The quantitative estimate of drug-likeness (QED) is 0.745. The SMILES string of the molecule is CC(=O)C1Cc2c([nH]c3ccccc23)[As]N1. The fourth-order valence-corrected chi connectivity index (χ4v) is 4.38. The van der Waals surface area contributed by atoms with E-state index in [4.69, 9.17) is 0 Å². The summed E-state index contributed by atoms with van der Waals surface area (Å²) < 4.78 is 4.66. The normalized spacial score (nSPS) is 21.2. The first-order chi connectivity index (χ1) is 7.75. The molecule has 0 saturated heterocycles. The molecule has 0 fully saturated rings. The zero-order valence-electron chi connectivity index (χ0n) is 8.95. The molecular formula is C12H12AsN2O. The van der Waals surface area contributed by atoms with Crippen LogP contribution in [0.2, 0.25) is 0 Å². The average Bonchev–Trinajstić information content (AvgIpc) is 2.66. The molecule has 4 heteroatoms. The minimum atomic E-state index is -0.104. The number of carbonyl (C=O) groups is 1. The summed E-state index contributed by atoms with van der Waals surface area (Å²) in [5.74, 6) is 0.242. The Morgan fingerprint density at radius 3 is 3.06 bits per heavy atom. The summed E-state index contributed by atoms with van der Waals surface area (Å²) in [4.78, 5) is 14.9. The molecule has 3 rings (SSSR count). The molecule has 1 aliphatic heterocycles. The molecular weight excluding hydrogens is 263 g/mol. The molecule has 1 aromatic heterocycles. The van der Waals surface area contributed by atoms with Crippen LogP contribution in [0.3, 0.4) is 0 Å².